The minimum atomic E-state index is 0.598. The molecule has 0 aromatic rings. The first-order chi connectivity index (χ1) is 7.70. The van der Waals surface area contributed by atoms with Crippen molar-refractivity contribution < 1.29 is 0 Å². The van der Waals surface area contributed by atoms with Crippen LogP contribution < -0.4 is 11.2 Å². The maximum absolute atomic E-state index is 5.45. The average molecular weight is 225 g/mol. The van der Waals surface area contributed by atoms with E-state index in [1.54, 1.807) is 11.2 Å². The molecule has 0 saturated heterocycles. The molecule has 0 aromatic heterocycles. The number of nitrogens with zero attached hydrogens (tertiary/aromatic N) is 3. The molecule has 0 atom stereocenters. The Hall–Kier alpha value is -1.04. The molecule has 92 valence electrons. The summed E-state index contributed by atoms with van der Waals surface area (Å²) in [5.74, 6) is 5.45. The highest BCUT2D eigenvalue weighted by Gasteiger charge is 1.89. The van der Waals surface area contributed by atoms with Crippen LogP contribution in [0.3, 0.4) is 0 Å². The van der Waals surface area contributed by atoms with Gasteiger partial charge in [0.1, 0.15) is 0 Å². The second kappa shape index (κ2) is 10.5. The van der Waals surface area contributed by atoms with Crippen LogP contribution in [-0.4, -0.2) is 44.7 Å². The zero-order valence-corrected chi connectivity index (χ0v) is 10.3. The highest BCUT2D eigenvalue weighted by molar-refractivity contribution is 5.72. The zero-order chi connectivity index (χ0) is 12.2. The Labute approximate surface area is 98.1 Å². The van der Waals surface area contributed by atoms with Crippen LogP contribution >= 0.6 is 0 Å². The molecule has 0 spiro atoms. The molecule has 0 aliphatic carbocycles. The third kappa shape index (κ3) is 9.51. The fourth-order valence-corrected chi connectivity index (χ4v) is 1.06. The summed E-state index contributed by atoms with van der Waals surface area (Å²) in [7, 11) is 1.83. The molecule has 0 bridgehead atoms. The Kier molecular flexibility index (Phi) is 9.80. The van der Waals surface area contributed by atoms with Crippen molar-refractivity contribution in [2.45, 2.75) is 19.8 Å². The summed E-state index contributed by atoms with van der Waals surface area (Å²) in [5.41, 5.74) is 0.980. The normalized spacial score (nSPS) is 12.6. The molecule has 5 heteroatoms. The van der Waals surface area contributed by atoms with Gasteiger partial charge in [0, 0.05) is 32.0 Å². The van der Waals surface area contributed by atoms with Crippen LogP contribution in [0.1, 0.15) is 19.8 Å². The minimum absolute atomic E-state index is 0.598. The van der Waals surface area contributed by atoms with Crippen molar-refractivity contribution in [3.05, 3.63) is 11.8 Å². The van der Waals surface area contributed by atoms with Gasteiger partial charge in [-0.2, -0.15) is 0 Å². The smallest absolute Gasteiger partial charge is 0.0884 e. The predicted molar refractivity (Wildman–Crippen MR) is 70.7 cm³/mol. The largest absolute Gasteiger partial charge is 0.297 e. The van der Waals surface area contributed by atoms with E-state index < -0.39 is 0 Å². The molecule has 0 amide bonds. The van der Waals surface area contributed by atoms with E-state index in [1.807, 2.05) is 13.1 Å². The Morgan fingerprint density at radius 1 is 1.56 bits per heavy atom. The van der Waals surface area contributed by atoms with Gasteiger partial charge in [0.05, 0.1) is 6.67 Å². The molecule has 0 rings (SSSR count). The number of allylic oxidation sites excluding steroid dienone is 2. The molecular weight excluding hydrogens is 202 g/mol. The van der Waals surface area contributed by atoms with E-state index in [2.05, 4.69) is 28.9 Å². The molecular formula is C11H23N5. The van der Waals surface area contributed by atoms with E-state index in [0.29, 0.717) is 6.67 Å². The molecule has 0 fully saturated rings. The van der Waals surface area contributed by atoms with Crippen molar-refractivity contribution in [2.24, 2.45) is 15.8 Å². The standard InChI is InChI=1S/C11H23N5/c1-4-5-11(13-2)6-7-14-10-15-8-9-16(3)12/h6-7,15H,2,4-5,8-10,12H2,1,3H3/b11-6-,14-7?. The highest BCUT2D eigenvalue weighted by atomic mass is 15.4. The van der Waals surface area contributed by atoms with Crippen LogP contribution in [0.5, 0.6) is 0 Å². The molecule has 0 aromatic carbocycles. The second-order valence-electron chi connectivity index (χ2n) is 3.54. The Morgan fingerprint density at radius 2 is 2.31 bits per heavy atom. The number of hydrogen-bond donors (Lipinski definition) is 2. The topological polar surface area (TPSA) is 66.0 Å². The summed E-state index contributed by atoms with van der Waals surface area (Å²) in [6.45, 7) is 7.86. The Balaban J connectivity index is 3.63. The average Bonchev–Trinajstić information content (AvgIpc) is 2.26. The van der Waals surface area contributed by atoms with Gasteiger partial charge in [-0.15, -0.1) is 0 Å². The van der Waals surface area contributed by atoms with Gasteiger partial charge in [0.15, 0.2) is 0 Å². The van der Waals surface area contributed by atoms with Crippen LogP contribution in [0, 0.1) is 0 Å². The van der Waals surface area contributed by atoms with Gasteiger partial charge in [-0.1, -0.05) is 13.3 Å². The predicted octanol–water partition coefficient (Wildman–Crippen LogP) is 0.794. The van der Waals surface area contributed by atoms with Gasteiger partial charge in [0.2, 0.25) is 0 Å². The third-order valence-corrected chi connectivity index (χ3v) is 1.93. The van der Waals surface area contributed by atoms with Crippen LogP contribution in [0.2, 0.25) is 0 Å². The minimum Gasteiger partial charge on any atom is -0.297 e. The lowest BCUT2D eigenvalue weighted by atomic mass is 10.2. The second-order valence-corrected chi connectivity index (χ2v) is 3.54. The van der Waals surface area contributed by atoms with E-state index in [1.165, 1.54) is 0 Å². The maximum Gasteiger partial charge on any atom is 0.0884 e. The SMILES string of the molecule is C=N/C(=C\C=NCNCCN(C)N)CCC. The number of nitrogens with two attached hydrogens (primary N) is 1. The van der Waals surface area contributed by atoms with Crippen molar-refractivity contribution in [3.8, 4) is 0 Å². The van der Waals surface area contributed by atoms with Gasteiger partial charge in [-0.25, -0.2) is 5.01 Å². The summed E-state index contributed by atoms with van der Waals surface area (Å²) < 4.78 is 0. The molecule has 0 saturated carbocycles. The van der Waals surface area contributed by atoms with Crippen molar-refractivity contribution in [1.82, 2.24) is 10.3 Å². The lowest BCUT2D eigenvalue weighted by Crippen LogP contribution is -2.33. The zero-order valence-electron chi connectivity index (χ0n) is 10.3. The summed E-state index contributed by atoms with van der Waals surface area (Å²) in [4.78, 5) is 8.09. The monoisotopic (exact) mass is 225 g/mol. The molecule has 0 aliphatic heterocycles. The summed E-state index contributed by atoms with van der Waals surface area (Å²) in [6, 6.07) is 0. The fraction of sp³-hybridized carbons (Fsp3) is 0.636. The van der Waals surface area contributed by atoms with E-state index in [9.17, 15) is 0 Å². The van der Waals surface area contributed by atoms with Crippen molar-refractivity contribution in [2.75, 3.05) is 26.8 Å². The molecule has 0 radical (unpaired) electrons. The van der Waals surface area contributed by atoms with Crippen LogP contribution in [0.4, 0.5) is 0 Å². The van der Waals surface area contributed by atoms with Crippen molar-refractivity contribution in [3.63, 3.8) is 0 Å². The lowest BCUT2D eigenvalue weighted by molar-refractivity contribution is 0.346. The van der Waals surface area contributed by atoms with Gasteiger partial charge in [0.25, 0.3) is 0 Å². The van der Waals surface area contributed by atoms with Crippen LogP contribution in [0.15, 0.2) is 21.8 Å². The van der Waals surface area contributed by atoms with Crippen molar-refractivity contribution in [1.29, 1.82) is 0 Å². The van der Waals surface area contributed by atoms with E-state index >= 15 is 0 Å². The maximum atomic E-state index is 5.45. The summed E-state index contributed by atoms with van der Waals surface area (Å²) in [6.07, 6.45) is 5.67. The number of hydrazine groups is 1. The Bertz CT molecular complexity index is 233. The first-order valence-electron chi connectivity index (χ1n) is 5.53. The van der Waals surface area contributed by atoms with E-state index in [-0.39, 0.29) is 0 Å². The van der Waals surface area contributed by atoms with E-state index in [4.69, 9.17) is 5.84 Å². The molecule has 3 N–H and O–H groups in total. The summed E-state index contributed by atoms with van der Waals surface area (Å²) in [5, 5.41) is 4.78. The molecule has 5 nitrogen and oxygen atoms in total. The van der Waals surface area contributed by atoms with Gasteiger partial charge in [-0.3, -0.25) is 21.1 Å². The third-order valence-electron chi connectivity index (χ3n) is 1.93. The van der Waals surface area contributed by atoms with Crippen molar-refractivity contribution >= 4 is 12.9 Å². The van der Waals surface area contributed by atoms with E-state index in [0.717, 1.165) is 31.6 Å². The lowest BCUT2D eigenvalue weighted by Gasteiger charge is -2.08. The van der Waals surface area contributed by atoms with Gasteiger partial charge < -0.3 is 0 Å². The first-order valence-corrected chi connectivity index (χ1v) is 5.53. The number of rotatable bonds is 9. The summed E-state index contributed by atoms with van der Waals surface area (Å²) >= 11 is 0. The fourth-order valence-electron chi connectivity index (χ4n) is 1.06. The number of likely N-dealkylation sites (N-methyl/N-ethyl adjacent to an activating group) is 1. The van der Waals surface area contributed by atoms with Crippen LogP contribution in [0.25, 0.3) is 0 Å². The first kappa shape index (κ1) is 15.0. The molecule has 16 heavy (non-hydrogen) atoms. The molecule has 0 unspecified atom stereocenters. The Morgan fingerprint density at radius 3 is 2.88 bits per heavy atom. The number of nitrogens with one attached hydrogen (secondary N) is 1. The van der Waals surface area contributed by atoms with Crippen LogP contribution in [-0.2, 0) is 0 Å². The van der Waals surface area contributed by atoms with Gasteiger partial charge >= 0.3 is 0 Å². The molecule has 0 aliphatic rings. The quantitative estimate of drug-likeness (QED) is 0.264. The molecule has 0 heterocycles. The number of hydrogen-bond acceptors (Lipinski definition) is 5. The number of aliphatic imine (C=N–C) groups is 2. The van der Waals surface area contributed by atoms with Gasteiger partial charge in [-0.05, 0) is 19.2 Å². The highest BCUT2D eigenvalue weighted by Crippen LogP contribution is 2.03.